The van der Waals surface area contributed by atoms with E-state index in [1.165, 1.54) is 6.42 Å². The van der Waals surface area contributed by atoms with Crippen molar-refractivity contribution >= 4 is 22.9 Å². The van der Waals surface area contributed by atoms with Crippen molar-refractivity contribution in [3.8, 4) is 0 Å². The lowest BCUT2D eigenvalue weighted by Gasteiger charge is -2.41. The van der Waals surface area contributed by atoms with Gasteiger partial charge in [0.15, 0.2) is 0 Å². The number of nitrogens with one attached hydrogen (secondary N) is 1. The predicted molar refractivity (Wildman–Crippen MR) is 81.5 cm³/mol. The molecule has 2 heterocycles. The maximum atomic E-state index is 6.06. The molecule has 0 amide bonds. The van der Waals surface area contributed by atoms with Gasteiger partial charge in [-0.3, -0.25) is 0 Å². The molecule has 108 valence electrons. The Bertz CT molecular complexity index is 542. The maximum Gasteiger partial charge on any atom is 0.126 e. The molecule has 2 aromatic rings. The van der Waals surface area contributed by atoms with Gasteiger partial charge in [-0.05, 0) is 43.5 Å². The second-order valence-corrected chi connectivity index (χ2v) is 6.96. The van der Waals surface area contributed by atoms with Gasteiger partial charge >= 0.3 is 0 Å². The van der Waals surface area contributed by atoms with E-state index >= 15 is 0 Å². The van der Waals surface area contributed by atoms with Crippen LogP contribution in [-0.4, -0.2) is 19.3 Å². The lowest BCUT2D eigenvalue weighted by Crippen LogP contribution is -2.48. The highest BCUT2D eigenvalue weighted by Crippen LogP contribution is 2.36. The summed E-state index contributed by atoms with van der Waals surface area (Å²) >= 11 is 7.64. The van der Waals surface area contributed by atoms with Crippen LogP contribution in [0.4, 0.5) is 0 Å². The fraction of sp³-hybridized carbons (Fsp3) is 0.467. The van der Waals surface area contributed by atoms with Crippen LogP contribution in [0.3, 0.4) is 0 Å². The summed E-state index contributed by atoms with van der Waals surface area (Å²) in [4.78, 5) is 1.16. The van der Waals surface area contributed by atoms with Crippen molar-refractivity contribution in [3.63, 3.8) is 0 Å². The van der Waals surface area contributed by atoms with Crippen LogP contribution in [0.5, 0.6) is 0 Å². The van der Waals surface area contributed by atoms with Crippen molar-refractivity contribution in [1.29, 1.82) is 0 Å². The Morgan fingerprint density at radius 2 is 2.30 bits per heavy atom. The van der Waals surface area contributed by atoms with Gasteiger partial charge in [0.1, 0.15) is 11.8 Å². The molecular formula is C15H18ClNO2S. The van der Waals surface area contributed by atoms with Crippen molar-refractivity contribution in [2.45, 2.75) is 30.9 Å². The molecule has 1 aliphatic carbocycles. The SMILES string of the molecule is COC1(CNC(c2ccco2)c2ccc(Cl)s2)CCC1. The lowest BCUT2D eigenvalue weighted by molar-refractivity contribution is -0.0705. The summed E-state index contributed by atoms with van der Waals surface area (Å²) < 4.78 is 12.0. The molecule has 0 spiro atoms. The van der Waals surface area contributed by atoms with E-state index in [0.717, 1.165) is 34.4 Å². The molecule has 1 unspecified atom stereocenters. The van der Waals surface area contributed by atoms with Crippen LogP contribution in [0.1, 0.15) is 35.9 Å². The van der Waals surface area contributed by atoms with Gasteiger partial charge in [-0.15, -0.1) is 11.3 Å². The van der Waals surface area contributed by atoms with Gasteiger partial charge in [0.05, 0.1) is 16.2 Å². The molecule has 3 nitrogen and oxygen atoms in total. The molecule has 0 radical (unpaired) electrons. The summed E-state index contributed by atoms with van der Waals surface area (Å²) in [7, 11) is 1.80. The van der Waals surface area contributed by atoms with E-state index in [0.29, 0.717) is 0 Å². The Hall–Kier alpha value is -0.810. The third-order valence-corrected chi connectivity index (χ3v) is 5.33. The standard InChI is InChI=1S/C15H18ClNO2S/c1-18-15(7-3-8-15)10-17-14(11-4-2-9-19-11)12-5-6-13(16)20-12/h2,4-6,9,14,17H,3,7-8,10H2,1H3. The Morgan fingerprint density at radius 1 is 1.45 bits per heavy atom. The first-order valence-electron chi connectivity index (χ1n) is 6.80. The van der Waals surface area contributed by atoms with Crippen molar-refractivity contribution < 1.29 is 9.15 Å². The van der Waals surface area contributed by atoms with Gasteiger partial charge in [-0.1, -0.05) is 11.6 Å². The summed E-state index contributed by atoms with van der Waals surface area (Å²) in [5.41, 5.74) is -0.00804. The van der Waals surface area contributed by atoms with Crippen LogP contribution in [-0.2, 0) is 4.74 Å². The third kappa shape index (κ3) is 2.79. The van der Waals surface area contributed by atoms with Crippen LogP contribution < -0.4 is 5.32 Å². The first-order valence-corrected chi connectivity index (χ1v) is 7.99. The van der Waals surface area contributed by atoms with Crippen molar-refractivity contribution in [3.05, 3.63) is 45.5 Å². The molecule has 1 N–H and O–H groups in total. The number of hydrogen-bond acceptors (Lipinski definition) is 4. The van der Waals surface area contributed by atoms with E-state index in [-0.39, 0.29) is 11.6 Å². The van der Waals surface area contributed by atoms with Gasteiger partial charge in [-0.2, -0.15) is 0 Å². The van der Waals surface area contributed by atoms with Gasteiger partial charge in [0, 0.05) is 18.5 Å². The van der Waals surface area contributed by atoms with Gasteiger partial charge in [0.25, 0.3) is 0 Å². The zero-order valence-corrected chi connectivity index (χ0v) is 13.0. The fourth-order valence-corrected chi connectivity index (χ4v) is 3.74. The van der Waals surface area contributed by atoms with E-state index in [9.17, 15) is 0 Å². The van der Waals surface area contributed by atoms with Crippen LogP contribution in [0.2, 0.25) is 4.34 Å². The summed E-state index contributed by atoms with van der Waals surface area (Å²) in [6, 6.07) is 7.91. The van der Waals surface area contributed by atoms with E-state index in [4.69, 9.17) is 20.8 Å². The van der Waals surface area contributed by atoms with Crippen LogP contribution in [0.15, 0.2) is 34.9 Å². The molecule has 1 aliphatic rings. The molecule has 1 atom stereocenters. The average Bonchev–Trinajstić information content (AvgIpc) is 3.05. The highest BCUT2D eigenvalue weighted by Gasteiger charge is 2.37. The molecule has 5 heteroatoms. The molecule has 2 aromatic heterocycles. The van der Waals surface area contributed by atoms with Gasteiger partial charge < -0.3 is 14.5 Å². The number of methoxy groups -OCH3 is 1. The highest BCUT2D eigenvalue weighted by atomic mass is 35.5. The minimum atomic E-state index is -0.00804. The Balaban J connectivity index is 1.76. The average molecular weight is 312 g/mol. The second kappa shape index (κ2) is 5.90. The largest absolute Gasteiger partial charge is 0.467 e. The summed E-state index contributed by atoms with van der Waals surface area (Å²) in [6.45, 7) is 0.824. The zero-order chi connectivity index (χ0) is 14.0. The molecule has 0 bridgehead atoms. The number of ether oxygens (including phenoxy) is 1. The predicted octanol–water partition coefficient (Wildman–Crippen LogP) is 4.24. The fourth-order valence-electron chi connectivity index (χ4n) is 2.59. The number of hydrogen-bond donors (Lipinski definition) is 1. The molecule has 0 aliphatic heterocycles. The second-order valence-electron chi connectivity index (χ2n) is 5.21. The Kier molecular flexibility index (Phi) is 4.17. The lowest BCUT2D eigenvalue weighted by atomic mass is 9.80. The molecule has 1 saturated carbocycles. The summed E-state index contributed by atoms with van der Waals surface area (Å²) in [6.07, 6.45) is 5.18. The van der Waals surface area contributed by atoms with Gasteiger partial charge in [-0.25, -0.2) is 0 Å². The normalized spacial score (nSPS) is 18.7. The van der Waals surface area contributed by atoms with E-state index in [2.05, 4.69) is 5.32 Å². The molecule has 20 heavy (non-hydrogen) atoms. The van der Waals surface area contributed by atoms with E-state index in [1.54, 1.807) is 24.7 Å². The highest BCUT2D eigenvalue weighted by molar-refractivity contribution is 7.16. The molecular weight excluding hydrogens is 294 g/mol. The number of furan rings is 1. The van der Waals surface area contributed by atoms with Crippen molar-refractivity contribution in [1.82, 2.24) is 5.32 Å². The van der Waals surface area contributed by atoms with Crippen molar-refractivity contribution in [2.24, 2.45) is 0 Å². The van der Waals surface area contributed by atoms with Crippen LogP contribution in [0, 0.1) is 0 Å². The zero-order valence-electron chi connectivity index (χ0n) is 11.4. The quantitative estimate of drug-likeness (QED) is 0.866. The summed E-state index contributed by atoms with van der Waals surface area (Å²) in [5.74, 6) is 0.911. The Labute approximate surface area is 127 Å². The molecule has 3 rings (SSSR count). The molecule has 1 fully saturated rings. The van der Waals surface area contributed by atoms with Crippen LogP contribution >= 0.6 is 22.9 Å². The topological polar surface area (TPSA) is 34.4 Å². The summed E-state index contributed by atoms with van der Waals surface area (Å²) in [5, 5.41) is 3.58. The molecule has 0 saturated heterocycles. The Morgan fingerprint density at radius 3 is 2.80 bits per heavy atom. The smallest absolute Gasteiger partial charge is 0.126 e. The van der Waals surface area contributed by atoms with Crippen molar-refractivity contribution in [2.75, 3.05) is 13.7 Å². The maximum absolute atomic E-state index is 6.06. The number of thiophene rings is 1. The number of halogens is 1. The van der Waals surface area contributed by atoms with Crippen LogP contribution in [0.25, 0.3) is 0 Å². The third-order valence-electron chi connectivity index (χ3n) is 4.03. The van der Waals surface area contributed by atoms with E-state index < -0.39 is 0 Å². The van der Waals surface area contributed by atoms with Gasteiger partial charge in [0.2, 0.25) is 0 Å². The van der Waals surface area contributed by atoms with E-state index in [1.807, 2.05) is 24.3 Å². The molecule has 0 aromatic carbocycles. The first-order chi connectivity index (χ1) is 9.72. The monoisotopic (exact) mass is 311 g/mol. The minimum Gasteiger partial charge on any atom is -0.467 e. The minimum absolute atomic E-state index is 0.00804. The number of rotatable bonds is 6. The first kappa shape index (κ1) is 14.1.